The van der Waals surface area contributed by atoms with Crippen LogP contribution in [0.4, 0.5) is 5.69 Å². The summed E-state index contributed by atoms with van der Waals surface area (Å²) in [6, 6.07) is 7.63. The summed E-state index contributed by atoms with van der Waals surface area (Å²) in [5, 5.41) is 14.6. The second-order valence-corrected chi connectivity index (χ2v) is 7.79. The summed E-state index contributed by atoms with van der Waals surface area (Å²) < 4.78 is 6.99. The molecule has 1 saturated heterocycles. The lowest BCUT2D eigenvalue weighted by atomic mass is 10.1. The van der Waals surface area contributed by atoms with Gasteiger partial charge in [-0.25, -0.2) is 9.67 Å². The molecule has 3 N–H and O–H groups in total. The summed E-state index contributed by atoms with van der Waals surface area (Å²) in [5.41, 5.74) is 2.87. The molecule has 0 saturated carbocycles. The maximum absolute atomic E-state index is 13.1. The van der Waals surface area contributed by atoms with Gasteiger partial charge in [0.05, 0.1) is 29.9 Å². The van der Waals surface area contributed by atoms with Crippen LogP contribution in [0.3, 0.4) is 0 Å². The van der Waals surface area contributed by atoms with Crippen molar-refractivity contribution in [3.8, 4) is 5.75 Å². The van der Waals surface area contributed by atoms with E-state index in [1.165, 1.54) is 0 Å². The number of nitrogens with one attached hydrogen (secondary N) is 3. The van der Waals surface area contributed by atoms with E-state index < -0.39 is 0 Å². The molecule has 1 atom stereocenters. The molecule has 1 aromatic carbocycles. The Labute approximate surface area is 186 Å². The van der Waals surface area contributed by atoms with E-state index in [1.807, 2.05) is 31.2 Å². The molecule has 1 unspecified atom stereocenters. The van der Waals surface area contributed by atoms with E-state index >= 15 is 0 Å². The van der Waals surface area contributed by atoms with Crippen molar-refractivity contribution in [2.45, 2.75) is 45.3 Å². The number of ether oxygens (including phenoxy) is 1. The Kier molecular flexibility index (Phi) is 6.53. The average molecular weight is 437 g/mol. The zero-order valence-corrected chi connectivity index (χ0v) is 18.4. The summed E-state index contributed by atoms with van der Waals surface area (Å²) in [7, 11) is 1.62. The van der Waals surface area contributed by atoms with Gasteiger partial charge in [-0.05, 0) is 37.5 Å². The normalized spacial score (nSPS) is 16.3. The smallest absolute Gasteiger partial charge is 0.255 e. The SMILES string of the molecule is CCn1ncc2c(NC3CCNC(=O)CC3)c(C(=O)NCc3ccc(OC)cc3)cnc21. The first-order valence-electron chi connectivity index (χ1n) is 10.9. The van der Waals surface area contributed by atoms with Crippen molar-refractivity contribution in [2.24, 2.45) is 0 Å². The number of carbonyl (C=O) groups excluding carboxylic acids is 2. The molecule has 1 fully saturated rings. The topological polar surface area (TPSA) is 110 Å². The van der Waals surface area contributed by atoms with Crippen molar-refractivity contribution in [3.63, 3.8) is 0 Å². The monoisotopic (exact) mass is 436 g/mol. The van der Waals surface area contributed by atoms with Crippen molar-refractivity contribution in [2.75, 3.05) is 19.0 Å². The molecule has 1 aliphatic rings. The van der Waals surface area contributed by atoms with Gasteiger partial charge in [0.15, 0.2) is 5.65 Å². The van der Waals surface area contributed by atoms with E-state index in [-0.39, 0.29) is 17.9 Å². The van der Waals surface area contributed by atoms with Crippen molar-refractivity contribution >= 4 is 28.5 Å². The van der Waals surface area contributed by atoms with Crippen LogP contribution in [0.1, 0.15) is 42.1 Å². The molecule has 4 rings (SSSR count). The standard InChI is InChI=1S/C23H28N6O3/c1-3-29-22-18(14-27-29)21(28-16-6-9-20(30)24-11-10-16)19(13-25-22)23(31)26-12-15-4-7-17(32-2)8-5-15/h4-5,7-8,13-14,16H,3,6,9-12H2,1-2H3,(H,24,30)(H,25,28)(H,26,31). The lowest BCUT2D eigenvalue weighted by Crippen LogP contribution is -2.27. The van der Waals surface area contributed by atoms with E-state index in [4.69, 9.17) is 4.74 Å². The third-order valence-electron chi connectivity index (χ3n) is 5.71. The van der Waals surface area contributed by atoms with E-state index in [0.717, 1.165) is 28.8 Å². The quantitative estimate of drug-likeness (QED) is 0.525. The zero-order valence-electron chi connectivity index (χ0n) is 18.4. The molecule has 0 bridgehead atoms. The zero-order chi connectivity index (χ0) is 22.5. The Bertz CT molecular complexity index is 1110. The predicted molar refractivity (Wildman–Crippen MR) is 122 cm³/mol. The number of aromatic nitrogens is 3. The van der Waals surface area contributed by atoms with Crippen LogP contribution in [0.15, 0.2) is 36.7 Å². The van der Waals surface area contributed by atoms with Crippen LogP contribution in [0.2, 0.25) is 0 Å². The van der Waals surface area contributed by atoms with Gasteiger partial charge in [-0.1, -0.05) is 12.1 Å². The highest BCUT2D eigenvalue weighted by Gasteiger charge is 2.22. The van der Waals surface area contributed by atoms with Crippen LogP contribution in [0.5, 0.6) is 5.75 Å². The van der Waals surface area contributed by atoms with Gasteiger partial charge >= 0.3 is 0 Å². The summed E-state index contributed by atoms with van der Waals surface area (Å²) in [6.45, 7) is 3.68. The summed E-state index contributed by atoms with van der Waals surface area (Å²) >= 11 is 0. The molecule has 0 aliphatic carbocycles. The number of rotatable bonds is 7. The highest BCUT2D eigenvalue weighted by molar-refractivity contribution is 6.06. The average Bonchev–Trinajstić information content (AvgIpc) is 3.14. The van der Waals surface area contributed by atoms with Crippen molar-refractivity contribution < 1.29 is 14.3 Å². The molecule has 2 amide bonds. The first-order valence-corrected chi connectivity index (χ1v) is 10.9. The minimum absolute atomic E-state index is 0.0606. The van der Waals surface area contributed by atoms with Crippen LogP contribution in [0.25, 0.3) is 11.0 Å². The fourth-order valence-electron chi connectivity index (χ4n) is 3.88. The van der Waals surface area contributed by atoms with Crippen LogP contribution in [0, 0.1) is 0 Å². The molecule has 9 nitrogen and oxygen atoms in total. The highest BCUT2D eigenvalue weighted by Crippen LogP contribution is 2.28. The number of pyridine rings is 1. The highest BCUT2D eigenvalue weighted by atomic mass is 16.5. The van der Waals surface area contributed by atoms with Gasteiger partial charge in [0, 0.05) is 38.3 Å². The van der Waals surface area contributed by atoms with Gasteiger partial charge in [-0.2, -0.15) is 5.10 Å². The predicted octanol–water partition coefficient (Wildman–Crippen LogP) is 2.47. The summed E-state index contributed by atoms with van der Waals surface area (Å²) in [5.74, 6) is 0.612. The van der Waals surface area contributed by atoms with Gasteiger partial charge < -0.3 is 20.7 Å². The Balaban J connectivity index is 1.59. The number of hydrogen-bond acceptors (Lipinski definition) is 6. The molecular weight excluding hydrogens is 408 g/mol. The van der Waals surface area contributed by atoms with Crippen molar-refractivity contribution in [1.82, 2.24) is 25.4 Å². The van der Waals surface area contributed by atoms with Gasteiger partial charge in [-0.15, -0.1) is 0 Å². The number of methoxy groups -OCH3 is 1. The summed E-state index contributed by atoms with van der Waals surface area (Å²) in [4.78, 5) is 29.4. The second kappa shape index (κ2) is 9.67. The number of anilines is 1. The molecule has 32 heavy (non-hydrogen) atoms. The van der Waals surface area contributed by atoms with Gasteiger partial charge in [0.25, 0.3) is 5.91 Å². The number of nitrogens with zero attached hydrogens (tertiary/aromatic N) is 3. The van der Waals surface area contributed by atoms with Crippen LogP contribution >= 0.6 is 0 Å². The maximum atomic E-state index is 13.1. The molecule has 1 aliphatic heterocycles. The van der Waals surface area contributed by atoms with E-state index in [0.29, 0.717) is 43.7 Å². The third kappa shape index (κ3) is 4.66. The van der Waals surface area contributed by atoms with E-state index in [1.54, 1.807) is 24.2 Å². The second-order valence-electron chi connectivity index (χ2n) is 7.79. The molecule has 0 radical (unpaired) electrons. The summed E-state index contributed by atoms with van der Waals surface area (Å²) in [6.07, 6.45) is 5.28. The fourth-order valence-corrected chi connectivity index (χ4v) is 3.88. The first-order chi connectivity index (χ1) is 15.6. The molecular formula is C23H28N6O3. The molecule has 3 heterocycles. The number of carbonyl (C=O) groups is 2. The third-order valence-corrected chi connectivity index (χ3v) is 5.71. The first kappa shape index (κ1) is 21.6. The maximum Gasteiger partial charge on any atom is 0.255 e. The molecule has 3 aromatic rings. The van der Waals surface area contributed by atoms with Crippen LogP contribution < -0.4 is 20.7 Å². The minimum Gasteiger partial charge on any atom is -0.497 e. The Morgan fingerprint density at radius 2 is 2.06 bits per heavy atom. The van der Waals surface area contributed by atoms with Crippen LogP contribution in [-0.4, -0.2) is 46.3 Å². The molecule has 2 aromatic heterocycles. The van der Waals surface area contributed by atoms with Gasteiger partial charge in [0.2, 0.25) is 5.91 Å². The van der Waals surface area contributed by atoms with E-state index in [2.05, 4.69) is 26.0 Å². The van der Waals surface area contributed by atoms with Crippen molar-refractivity contribution in [3.05, 3.63) is 47.8 Å². The van der Waals surface area contributed by atoms with Crippen molar-refractivity contribution in [1.29, 1.82) is 0 Å². The molecule has 168 valence electrons. The van der Waals surface area contributed by atoms with Crippen LogP contribution in [-0.2, 0) is 17.9 Å². The molecule has 9 heteroatoms. The number of fused-ring (bicyclic) bond motifs is 1. The van der Waals surface area contributed by atoms with Gasteiger partial charge in [-0.3, -0.25) is 9.59 Å². The lowest BCUT2D eigenvalue weighted by Gasteiger charge is -2.20. The van der Waals surface area contributed by atoms with Gasteiger partial charge in [0.1, 0.15) is 5.75 Å². The Hall–Kier alpha value is -3.62. The number of benzene rings is 1. The fraction of sp³-hybridized carbons (Fsp3) is 0.391. The lowest BCUT2D eigenvalue weighted by molar-refractivity contribution is -0.120. The Morgan fingerprint density at radius 3 is 2.81 bits per heavy atom. The minimum atomic E-state index is -0.218. The Morgan fingerprint density at radius 1 is 1.25 bits per heavy atom. The molecule has 0 spiro atoms. The number of amides is 2. The number of aryl methyl sites for hydroxylation is 1. The largest absolute Gasteiger partial charge is 0.497 e. The van der Waals surface area contributed by atoms with E-state index in [9.17, 15) is 9.59 Å². The number of hydrogen-bond donors (Lipinski definition) is 3.